The lowest BCUT2D eigenvalue weighted by Gasteiger charge is -2.21. The number of benzene rings is 2. The molecule has 4 aromatic heterocycles. The Morgan fingerprint density at radius 2 is 1.76 bits per heavy atom. The standard InChI is InChI=1S/C32H25N7O2/c1-20-11-14-27-36-30(33)29(39(27)37-20)31(40)35-21(2)26-19-24-8-6-7-23(13-12-22-15-17-34-18-16-22)28(24)32(41)38(26)25-9-4-3-5-10-25/h3-11,14-19,21H,33H2,1-2H3,(H,35,40)/t21-/m1/s1. The van der Waals surface area contributed by atoms with Crippen LogP contribution in [0.3, 0.4) is 0 Å². The number of fused-ring (bicyclic) bond motifs is 2. The van der Waals surface area contributed by atoms with E-state index in [1.54, 1.807) is 29.1 Å². The van der Waals surface area contributed by atoms with Gasteiger partial charge in [-0.25, -0.2) is 9.50 Å². The van der Waals surface area contributed by atoms with Crippen molar-refractivity contribution in [2.75, 3.05) is 5.73 Å². The molecule has 1 atom stereocenters. The summed E-state index contributed by atoms with van der Waals surface area (Å²) < 4.78 is 3.05. The van der Waals surface area contributed by atoms with E-state index >= 15 is 0 Å². The molecule has 6 rings (SSSR count). The summed E-state index contributed by atoms with van der Waals surface area (Å²) in [4.78, 5) is 36.0. The zero-order valence-electron chi connectivity index (χ0n) is 22.4. The van der Waals surface area contributed by atoms with Crippen LogP contribution in [0.1, 0.15) is 46.0 Å². The van der Waals surface area contributed by atoms with Gasteiger partial charge in [0.05, 0.1) is 17.1 Å². The molecule has 0 saturated heterocycles. The van der Waals surface area contributed by atoms with Gasteiger partial charge in [-0.3, -0.25) is 19.1 Å². The van der Waals surface area contributed by atoms with E-state index in [0.717, 1.165) is 5.56 Å². The number of hydrogen-bond acceptors (Lipinski definition) is 6. The first-order valence-electron chi connectivity index (χ1n) is 13.0. The highest BCUT2D eigenvalue weighted by molar-refractivity contribution is 5.98. The van der Waals surface area contributed by atoms with E-state index in [1.807, 2.05) is 80.6 Å². The Labute approximate surface area is 235 Å². The molecule has 0 bridgehead atoms. The van der Waals surface area contributed by atoms with Gasteiger partial charge in [0.25, 0.3) is 11.5 Å². The topological polar surface area (TPSA) is 120 Å². The molecule has 0 aliphatic carbocycles. The number of amides is 1. The summed E-state index contributed by atoms with van der Waals surface area (Å²) in [6.07, 6.45) is 3.35. The Morgan fingerprint density at radius 1 is 0.976 bits per heavy atom. The number of para-hydroxylation sites is 1. The molecule has 0 aliphatic rings. The number of carbonyl (C=O) groups excluding carboxylic acids is 1. The minimum atomic E-state index is -0.582. The lowest BCUT2D eigenvalue weighted by atomic mass is 10.0. The van der Waals surface area contributed by atoms with Gasteiger partial charge in [-0.1, -0.05) is 42.2 Å². The van der Waals surface area contributed by atoms with Crippen molar-refractivity contribution < 1.29 is 4.79 Å². The van der Waals surface area contributed by atoms with E-state index in [-0.39, 0.29) is 17.1 Å². The van der Waals surface area contributed by atoms with Crippen molar-refractivity contribution in [3.63, 3.8) is 0 Å². The lowest BCUT2D eigenvalue weighted by Crippen LogP contribution is -2.33. The van der Waals surface area contributed by atoms with Crippen molar-refractivity contribution in [1.29, 1.82) is 0 Å². The second-order valence-corrected chi connectivity index (χ2v) is 9.59. The number of imidazole rings is 1. The van der Waals surface area contributed by atoms with Crippen LogP contribution >= 0.6 is 0 Å². The van der Waals surface area contributed by atoms with Crippen LogP contribution in [0.4, 0.5) is 5.82 Å². The summed E-state index contributed by atoms with van der Waals surface area (Å²) in [6.45, 7) is 3.65. The SMILES string of the molecule is Cc1ccc2nc(N)c(C(=O)N[C@H](C)c3cc4cccc(C#Cc5ccncc5)c4c(=O)n3-c3ccccc3)n2n1. The predicted octanol–water partition coefficient (Wildman–Crippen LogP) is 4.21. The Morgan fingerprint density at radius 3 is 2.54 bits per heavy atom. The van der Waals surface area contributed by atoms with Crippen LogP contribution in [0.25, 0.3) is 22.1 Å². The number of nitrogens with one attached hydrogen (secondary N) is 1. The summed E-state index contributed by atoms with van der Waals surface area (Å²) in [5.41, 5.74) is 9.87. The monoisotopic (exact) mass is 539 g/mol. The molecule has 0 fully saturated rings. The van der Waals surface area contributed by atoms with E-state index in [1.165, 1.54) is 4.52 Å². The van der Waals surface area contributed by atoms with Gasteiger partial charge in [0, 0.05) is 34.9 Å². The van der Waals surface area contributed by atoms with Crippen LogP contribution in [-0.4, -0.2) is 30.1 Å². The third-order valence-corrected chi connectivity index (χ3v) is 6.76. The van der Waals surface area contributed by atoms with Gasteiger partial charge in [0.2, 0.25) is 0 Å². The second kappa shape index (κ2) is 10.4. The van der Waals surface area contributed by atoms with E-state index in [4.69, 9.17) is 5.73 Å². The van der Waals surface area contributed by atoms with E-state index in [9.17, 15) is 9.59 Å². The van der Waals surface area contributed by atoms with E-state index in [2.05, 4.69) is 32.2 Å². The molecule has 0 unspecified atom stereocenters. The Bertz CT molecular complexity index is 2050. The first-order valence-corrected chi connectivity index (χ1v) is 13.0. The summed E-state index contributed by atoms with van der Waals surface area (Å²) >= 11 is 0. The molecule has 0 saturated carbocycles. The summed E-state index contributed by atoms with van der Waals surface area (Å²) in [7, 11) is 0. The molecule has 9 nitrogen and oxygen atoms in total. The number of hydrogen-bond donors (Lipinski definition) is 2. The minimum Gasteiger partial charge on any atom is -0.382 e. The number of nitrogen functional groups attached to an aromatic ring is 1. The van der Waals surface area contributed by atoms with Crippen LogP contribution in [0.5, 0.6) is 0 Å². The molecule has 1 amide bonds. The number of aryl methyl sites for hydroxylation is 1. The Balaban J connectivity index is 1.48. The first kappa shape index (κ1) is 25.5. The van der Waals surface area contributed by atoms with Gasteiger partial charge in [0.1, 0.15) is 0 Å². The van der Waals surface area contributed by atoms with Crippen molar-refractivity contribution in [3.05, 3.63) is 130 Å². The number of carbonyl (C=O) groups is 1. The molecule has 0 radical (unpaired) electrons. The van der Waals surface area contributed by atoms with E-state index < -0.39 is 11.9 Å². The number of nitrogens with two attached hydrogens (primary N) is 1. The highest BCUT2D eigenvalue weighted by Crippen LogP contribution is 2.24. The third-order valence-electron chi connectivity index (χ3n) is 6.76. The van der Waals surface area contributed by atoms with Crippen LogP contribution in [0.2, 0.25) is 0 Å². The molecule has 9 heteroatoms. The molecular weight excluding hydrogens is 514 g/mol. The maximum atomic E-state index is 14.2. The van der Waals surface area contributed by atoms with E-state index in [0.29, 0.717) is 39.1 Å². The minimum absolute atomic E-state index is 0.0733. The number of aromatic nitrogens is 5. The summed E-state index contributed by atoms with van der Waals surface area (Å²) in [5.74, 6) is 5.90. The average Bonchev–Trinajstić information content (AvgIpc) is 3.31. The van der Waals surface area contributed by atoms with Gasteiger partial charge in [-0.15, -0.1) is 0 Å². The number of anilines is 1. The van der Waals surface area contributed by atoms with Crippen molar-refractivity contribution in [2.24, 2.45) is 0 Å². The fraction of sp³-hybridized carbons (Fsp3) is 0.0938. The zero-order chi connectivity index (χ0) is 28.5. The van der Waals surface area contributed by atoms with Crippen molar-refractivity contribution >= 4 is 28.1 Å². The summed E-state index contributed by atoms with van der Waals surface area (Å²) in [6, 6.07) is 23.4. The lowest BCUT2D eigenvalue weighted by molar-refractivity contribution is 0.0932. The largest absolute Gasteiger partial charge is 0.382 e. The molecule has 6 aromatic rings. The maximum absolute atomic E-state index is 14.2. The Hall–Kier alpha value is -5.75. The fourth-order valence-electron chi connectivity index (χ4n) is 4.82. The smallest absolute Gasteiger partial charge is 0.274 e. The Kier molecular flexibility index (Phi) is 6.49. The zero-order valence-corrected chi connectivity index (χ0v) is 22.4. The van der Waals surface area contributed by atoms with Crippen LogP contribution < -0.4 is 16.6 Å². The van der Waals surface area contributed by atoms with Crippen LogP contribution in [-0.2, 0) is 0 Å². The van der Waals surface area contributed by atoms with Gasteiger partial charge in [-0.2, -0.15) is 5.10 Å². The molecule has 0 aliphatic heterocycles. The highest BCUT2D eigenvalue weighted by Gasteiger charge is 2.23. The van der Waals surface area contributed by atoms with Crippen LogP contribution in [0.15, 0.2) is 96.1 Å². The predicted molar refractivity (Wildman–Crippen MR) is 158 cm³/mol. The van der Waals surface area contributed by atoms with Crippen LogP contribution in [0, 0.1) is 18.8 Å². The molecule has 200 valence electrons. The molecule has 2 aromatic carbocycles. The highest BCUT2D eigenvalue weighted by atomic mass is 16.2. The maximum Gasteiger partial charge on any atom is 0.274 e. The number of pyridine rings is 2. The van der Waals surface area contributed by atoms with Gasteiger partial charge >= 0.3 is 0 Å². The van der Waals surface area contributed by atoms with Gasteiger partial charge < -0.3 is 11.1 Å². The van der Waals surface area contributed by atoms with Crippen molar-refractivity contribution in [2.45, 2.75) is 19.9 Å². The quantitative estimate of drug-likeness (QED) is 0.324. The second-order valence-electron chi connectivity index (χ2n) is 9.59. The number of rotatable bonds is 4. The number of nitrogens with zero attached hydrogens (tertiary/aromatic N) is 5. The van der Waals surface area contributed by atoms with Gasteiger partial charge in [-0.05, 0) is 67.8 Å². The molecule has 41 heavy (non-hydrogen) atoms. The summed E-state index contributed by atoms with van der Waals surface area (Å²) in [5, 5.41) is 8.62. The molecule has 4 heterocycles. The van der Waals surface area contributed by atoms with Gasteiger partial charge in [0.15, 0.2) is 17.2 Å². The fourth-order valence-corrected chi connectivity index (χ4v) is 4.82. The molecule has 0 spiro atoms. The third kappa shape index (κ3) is 4.79. The first-order chi connectivity index (χ1) is 19.9. The normalized spacial score (nSPS) is 11.7. The molecule has 3 N–H and O–H groups in total. The van der Waals surface area contributed by atoms with Crippen molar-refractivity contribution in [3.8, 4) is 17.5 Å². The average molecular weight is 540 g/mol. The molecular formula is C32H25N7O2. The van der Waals surface area contributed by atoms with Crippen molar-refractivity contribution in [1.82, 2.24) is 29.5 Å².